The lowest BCUT2D eigenvalue weighted by molar-refractivity contribution is -0.113. The van der Waals surface area contributed by atoms with Crippen molar-refractivity contribution in [3.05, 3.63) is 40.2 Å². The SMILES string of the molecule is O=C(CSc1nccn1C1CC1)Nc1ccc(I)cc1. The summed E-state index contributed by atoms with van der Waals surface area (Å²) in [7, 11) is 0. The van der Waals surface area contributed by atoms with Crippen LogP contribution >= 0.6 is 34.4 Å². The number of thioether (sulfide) groups is 1. The van der Waals surface area contributed by atoms with Crippen LogP contribution in [0.5, 0.6) is 0 Å². The molecule has 2 aromatic rings. The number of imidazole rings is 1. The molecule has 1 N–H and O–H groups in total. The van der Waals surface area contributed by atoms with Gasteiger partial charge in [0.25, 0.3) is 0 Å². The van der Waals surface area contributed by atoms with E-state index < -0.39 is 0 Å². The van der Waals surface area contributed by atoms with Crippen LogP contribution in [0.3, 0.4) is 0 Å². The molecule has 0 radical (unpaired) electrons. The maximum absolute atomic E-state index is 11.9. The van der Waals surface area contributed by atoms with E-state index in [-0.39, 0.29) is 5.91 Å². The second kappa shape index (κ2) is 6.17. The predicted molar refractivity (Wildman–Crippen MR) is 89.0 cm³/mol. The first-order valence-corrected chi connectivity index (χ1v) is 8.50. The van der Waals surface area contributed by atoms with E-state index in [0.29, 0.717) is 11.8 Å². The number of carbonyl (C=O) groups is 1. The van der Waals surface area contributed by atoms with E-state index in [1.807, 2.05) is 30.5 Å². The van der Waals surface area contributed by atoms with E-state index in [2.05, 4.69) is 37.5 Å². The van der Waals surface area contributed by atoms with Gasteiger partial charge in [-0.05, 0) is 59.7 Å². The Morgan fingerprint density at radius 2 is 2.15 bits per heavy atom. The molecule has 1 heterocycles. The minimum atomic E-state index is 0.00144. The van der Waals surface area contributed by atoms with Gasteiger partial charge in [-0.1, -0.05) is 11.8 Å². The van der Waals surface area contributed by atoms with Gasteiger partial charge < -0.3 is 9.88 Å². The number of hydrogen-bond acceptors (Lipinski definition) is 3. The number of anilines is 1. The summed E-state index contributed by atoms with van der Waals surface area (Å²) in [4.78, 5) is 16.2. The summed E-state index contributed by atoms with van der Waals surface area (Å²) in [6, 6.07) is 8.37. The molecule has 0 unspecified atom stereocenters. The highest BCUT2D eigenvalue weighted by Gasteiger charge is 2.25. The van der Waals surface area contributed by atoms with Gasteiger partial charge in [0.05, 0.1) is 5.75 Å². The number of hydrogen-bond donors (Lipinski definition) is 1. The van der Waals surface area contributed by atoms with Crippen LogP contribution in [0.25, 0.3) is 0 Å². The highest BCUT2D eigenvalue weighted by atomic mass is 127. The summed E-state index contributed by atoms with van der Waals surface area (Å²) >= 11 is 3.73. The fourth-order valence-electron chi connectivity index (χ4n) is 1.90. The molecule has 1 aliphatic rings. The van der Waals surface area contributed by atoms with Crippen LogP contribution in [0, 0.1) is 3.57 Å². The largest absolute Gasteiger partial charge is 0.325 e. The molecular formula is C14H14IN3OS. The summed E-state index contributed by atoms with van der Waals surface area (Å²) in [5.74, 6) is 0.386. The van der Waals surface area contributed by atoms with Gasteiger partial charge in [-0.3, -0.25) is 4.79 Å². The number of halogens is 1. The first-order chi connectivity index (χ1) is 9.72. The maximum atomic E-state index is 11.9. The van der Waals surface area contributed by atoms with Crippen molar-refractivity contribution < 1.29 is 4.79 Å². The molecule has 4 nitrogen and oxygen atoms in total. The van der Waals surface area contributed by atoms with Crippen molar-refractivity contribution in [3.63, 3.8) is 0 Å². The van der Waals surface area contributed by atoms with E-state index in [0.717, 1.165) is 14.4 Å². The van der Waals surface area contributed by atoms with Crippen LogP contribution in [0.1, 0.15) is 18.9 Å². The monoisotopic (exact) mass is 399 g/mol. The van der Waals surface area contributed by atoms with Crippen LogP contribution in [0.4, 0.5) is 5.69 Å². The summed E-state index contributed by atoms with van der Waals surface area (Å²) in [6.07, 6.45) is 6.24. The molecule has 0 atom stereocenters. The summed E-state index contributed by atoms with van der Waals surface area (Å²) in [5, 5.41) is 3.83. The van der Waals surface area contributed by atoms with E-state index >= 15 is 0 Å². The molecule has 0 spiro atoms. The molecule has 20 heavy (non-hydrogen) atoms. The summed E-state index contributed by atoms with van der Waals surface area (Å²) < 4.78 is 3.32. The van der Waals surface area contributed by atoms with Crippen molar-refractivity contribution in [2.75, 3.05) is 11.1 Å². The topological polar surface area (TPSA) is 46.9 Å². The third-order valence-electron chi connectivity index (χ3n) is 3.03. The number of aromatic nitrogens is 2. The number of carbonyl (C=O) groups excluding carboxylic acids is 1. The highest BCUT2D eigenvalue weighted by molar-refractivity contribution is 14.1. The molecule has 104 valence electrons. The summed E-state index contributed by atoms with van der Waals surface area (Å²) in [6.45, 7) is 0. The van der Waals surface area contributed by atoms with Gasteiger partial charge in [0, 0.05) is 27.7 Å². The average Bonchev–Trinajstić information content (AvgIpc) is 3.18. The second-order valence-electron chi connectivity index (χ2n) is 4.69. The molecule has 0 bridgehead atoms. The highest BCUT2D eigenvalue weighted by Crippen LogP contribution is 2.37. The fraction of sp³-hybridized carbons (Fsp3) is 0.286. The zero-order chi connectivity index (χ0) is 13.9. The van der Waals surface area contributed by atoms with Gasteiger partial charge in [-0.15, -0.1) is 0 Å². The molecule has 1 saturated carbocycles. The Hall–Kier alpha value is -1.02. The molecule has 0 saturated heterocycles. The Balaban J connectivity index is 1.54. The summed E-state index contributed by atoms with van der Waals surface area (Å²) in [5.41, 5.74) is 0.835. The number of amides is 1. The van der Waals surface area contributed by atoms with E-state index in [1.165, 1.54) is 24.6 Å². The third kappa shape index (κ3) is 3.54. The molecule has 1 aromatic heterocycles. The van der Waals surface area contributed by atoms with Crippen molar-refractivity contribution in [2.24, 2.45) is 0 Å². The number of nitrogens with zero attached hydrogens (tertiary/aromatic N) is 2. The Bertz CT molecular complexity index is 607. The maximum Gasteiger partial charge on any atom is 0.234 e. The van der Waals surface area contributed by atoms with Crippen LogP contribution < -0.4 is 5.32 Å². The van der Waals surface area contributed by atoms with Crippen molar-refractivity contribution in [1.29, 1.82) is 0 Å². The number of benzene rings is 1. The fourth-order valence-corrected chi connectivity index (χ4v) is 3.09. The zero-order valence-electron chi connectivity index (χ0n) is 10.8. The molecule has 6 heteroatoms. The molecule has 1 aliphatic carbocycles. The average molecular weight is 399 g/mol. The van der Waals surface area contributed by atoms with E-state index in [1.54, 1.807) is 6.20 Å². The first-order valence-electron chi connectivity index (χ1n) is 6.43. The van der Waals surface area contributed by atoms with Crippen LogP contribution in [-0.2, 0) is 4.79 Å². The van der Waals surface area contributed by atoms with E-state index in [9.17, 15) is 4.79 Å². The van der Waals surface area contributed by atoms with Gasteiger partial charge in [-0.2, -0.15) is 0 Å². The van der Waals surface area contributed by atoms with Crippen LogP contribution in [0.15, 0.2) is 41.8 Å². The molecular weight excluding hydrogens is 385 g/mol. The Morgan fingerprint density at radius 3 is 2.85 bits per heavy atom. The van der Waals surface area contributed by atoms with Gasteiger partial charge in [-0.25, -0.2) is 4.98 Å². The van der Waals surface area contributed by atoms with E-state index in [4.69, 9.17) is 0 Å². The molecule has 1 aromatic carbocycles. The Labute approximate surface area is 135 Å². The minimum Gasteiger partial charge on any atom is -0.325 e. The standard InChI is InChI=1S/C14H14IN3OS/c15-10-1-3-11(4-2-10)17-13(19)9-20-14-16-7-8-18(14)12-5-6-12/h1-4,7-8,12H,5-6,9H2,(H,17,19). The van der Waals surface area contributed by atoms with Crippen molar-refractivity contribution in [1.82, 2.24) is 9.55 Å². The smallest absolute Gasteiger partial charge is 0.234 e. The number of nitrogens with one attached hydrogen (secondary N) is 1. The predicted octanol–water partition coefficient (Wildman–Crippen LogP) is 3.55. The van der Waals surface area contributed by atoms with Crippen molar-refractivity contribution in [2.45, 2.75) is 24.0 Å². The Kier molecular flexibility index (Phi) is 4.30. The number of rotatable bonds is 5. The lowest BCUT2D eigenvalue weighted by atomic mass is 10.3. The molecule has 1 amide bonds. The van der Waals surface area contributed by atoms with Crippen LogP contribution in [0.2, 0.25) is 0 Å². The Morgan fingerprint density at radius 1 is 1.40 bits per heavy atom. The molecule has 1 fully saturated rings. The zero-order valence-corrected chi connectivity index (χ0v) is 13.7. The third-order valence-corrected chi connectivity index (χ3v) is 4.73. The van der Waals surface area contributed by atoms with Gasteiger partial charge >= 0.3 is 0 Å². The van der Waals surface area contributed by atoms with Crippen molar-refractivity contribution in [3.8, 4) is 0 Å². The lowest BCUT2D eigenvalue weighted by Crippen LogP contribution is -2.14. The minimum absolute atomic E-state index is 0.00144. The van der Waals surface area contributed by atoms with Crippen molar-refractivity contribution >= 4 is 45.9 Å². The first kappa shape index (κ1) is 13.9. The second-order valence-corrected chi connectivity index (χ2v) is 6.88. The lowest BCUT2D eigenvalue weighted by Gasteiger charge is -2.07. The quantitative estimate of drug-likeness (QED) is 0.618. The molecule has 3 rings (SSSR count). The van der Waals surface area contributed by atoms with Gasteiger partial charge in [0.15, 0.2) is 5.16 Å². The normalized spacial score (nSPS) is 14.2. The van der Waals surface area contributed by atoms with Gasteiger partial charge in [0.2, 0.25) is 5.91 Å². The van der Waals surface area contributed by atoms with Gasteiger partial charge in [0.1, 0.15) is 0 Å². The van der Waals surface area contributed by atoms with Crippen LogP contribution in [-0.4, -0.2) is 21.2 Å². The molecule has 0 aliphatic heterocycles.